The molecule has 6 heteroatoms. The van der Waals surface area contributed by atoms with E-state index in [0.29, 0.717) is 23.6 Å². The lowest BCUT2D eigenvalue weighted by Gasteiger charge is -2.05. The minimum absolute atomic E-state index is 0.153. The normalized spacial score (nSPS) is 10.4. The Kier molecular flexibility index (Phi) is 5.88. The highest BCUT2D eigenvalue weighted by Gasteiger charge is 2.11. The molecule has 27 heavy (non-hydrogen) atoms. The van der Waals surface area contributed by atoms with Crippen molar-refractivity contribution in [3.8, 4) is 16.9 Å². The fourth-order valence-electron chi connectivity index (χ4n) is 2.50. The van der Waals surface area contributed by atoms with Crippen LogP contribution in [0.15, 0.2) is 60.0 Å². The predicted molar refractivity (Wildman–Crippen MR) is 105 cm³/mol. The summed E-state index contributed by atoms with van der Waals surface area (Å²) in [5, 5.41) is 14.2. The highest BCUT2D eigenvalue weighted by molar-refractivity contribution is 7.12. The van der Waals surface area contributed by atoms with Crippen LogP contribution < -0.4 is 5.32 Å². The molecule has 0 bridgehead atoms. The molecular formula is C21H19NO4S. The van der Waals surface area contributed by atoms with E-state index in [4.69, 9.17) is 4.74 Å². The fraction of sp³-hybridized carbons (Fsp3) is 0.143. The third-order valence-corrected chi connectivity index (χ3v) is 4.87. The van der Waals surface area contributed by atoms with Crippen molar-refractivity contribution in [1.29, 1.82) is 0 Å². The summed E-state index contributed by atoms with van der Waals surface area (Å²) < 4.78 is 4.95. The van der Waals surface area contributed by atoms with E-state index in [1.165, 1.54) is 11.3 Å². The molecule has 0 radical (unpaired) electrons. The van der Waals surface area contributed by atoms with E-state index in [0.717, 1.165) is 16.7 Å². The van der Waals surface area contributed by atoms with Crippen molar-refractivity contribution < 1.29 is 19.4 Å². The molecule has 0 fully saturated rings. The van der Waals surface area contributed by atoms with E-state index in [1.807, 2.05) is 23.6 Å². The maximum atomic E-state index is 12.4. The zero-order valence-electron chi connectivity index (χ0n) is 14.8. The molecule has 3 aromatic rings. The molecule has 2 aromatic carbocycles. The largest absolute Gasteiger partial charge is 0.508 e. The lowest BCUT2D eigenvalue weighted by atomic mass is 10.1. The predicted octanol–water partition coefficient (Wildman–Crippen LogP) is 4.23. The summed E-state index contributed by atoms with van der Waals surface area (Å²) >= 11 is 1.37. The number of thiophene rings is 1. The number of carbonyl (C=O) groups is 2. The number of phenols is 1. The summed E-state index contributed by atoms with van der Waals surface area (Å²) in [5.41, 5.74) is 3.26. The lowest BCUT2D eigenvalue weighted by Crippen LogP contribution is -2.21. The first-order chi connectivity index (χ1) is 13.1. The van der Waals surface area contributed by atoms with E-state index in [-0.39, 0.29) is 17.6 Å². The van der Waals surface area contributed by atoms with Gasteiger partial charge in [-0.05, 0) is 59.3 Å². The number of benzene rings is 2. The van der Waals surface area contributed by atoms with Crippen LogP contribution in [0, 0.1) is 0 Å². The van der Waals surface area contributed by atoms with Gasteiger partial charge in [-0.3, -0.25) is 4.79 Å². The van der Waals surface area contributed by atoms with E-state index in [2.05, 4.69) is 5.32 Å². The minimum atomic E-state index is -0.353. The van der Waals surface area contributed by atoms with Gasteiger partial charge in [-0.1, -0.05) is 24.3 Å². The van der Waals surface area contributed by atoms with Crippen LogP contribution in [0.1, 0.15) is 32.5 Å². The molecule has 0 saturated heterocycles. The Morgan fingerprint density at radius 2 is 1.74 bits per heavy atom. The molecule has 138 valence electrons. The first kappa shape index (κ1) is 18.7. The Balaban J connectivity index is 1.59. The Hall–Kier alpha value is -3.12. The van der Waals surface area contributed by atoms with Crippen molar-refractivity contribution in [2.45, 2.75) is 13.5 Å². The number of rotatable bonds is 6. The van der Waals surface area contributed by atoms with Gasteiger partial charge in [-0.25, -0.2) is 4.79 Å². The van der Waals surface area contributed by atoms with Crippen LogP contribution in [0.4, 0.5) is 0 Å². The first-order valence-electron chi connectivity index (χ1n) is 8.49. The Labute approximate surface area is 161 Å². The van der Waals surface area contributed by atoms with Crippen molar-refractivity contribution in [2.24, 2.45) is 0 Å². The molecule has 1 aromatic heterocycles. The van der Waals surface area contributed by atoms with Crippen molar-refractivity contribution in [3.05, 3.63) is 76.0 Å². The van der Waals surface area contributed by atoms with E-state index < -0.39 is 0 Å². The van der Waals surface area contributed by atoms with Crippen LogP contribution in [0.2, 0.25) is 0 Å². The molecule has 1 heterocycles. The average molecular weight is 381 g/mol. The number of esters is 1. The van der Waals surface area contributed by atoms with Gasteiger partial charge in [-0.2, -0.15) is 0 Å². The number of hydrogen-bond acceptors (Lipinski definition) is 5. The van der Waals surface area contributed by atoms with Gasteiger partial charge in [-0.15, -0.1) is 11.3 Å². The van der Waals surface area contributed by atoms with Gasteiger partial charge in [0.25, 0.3) is 5.91 Å². The molecule has 1 amide bonds. The fourth-order valence-corrected chi connectivity index (χ4v) is 3.34. The molecular weight excluding hydrogens is 362 g/mol. The number of phenolic OH excluding ortho intramolecular Hbond substituents is 1. The summed E-state index contributed by atoms with van der Waals surface area (Å²) in [6.45, 7) is 2.47. The molecule has 0 saturated carbocycles. The molecule has 0 unspecified atom stereocenters. The quantitative estimate of drug-likeness (QED) is 0.627. The number of nitrogens with one attached hydrogen (secondary N) is 1. The zero-order chi connectivity index (χ0) is 19.2. The summed E-state index contributed by atoms with van der Waals surface area (Å²) in [7, 11) is 0. The smallest absolute Gasteiger partial charge is 0.338 e. The van der Waals surface area contributed by atoms with Gasteiger partial charge in [0.2, 0.25) is 0 Å². The van der Waals surface area contributed by atoms with Crippen molar-refractivity contribution in [1.82, 2.24) is 5.32 Å². The standard InChI is InChI=1S/C21H19NO4S/c1-2-26-21(25)16-5-3-14(4-6-16)12-22-20(24)19-11-17(13-27-19)15-7-9-18(23)10-8-15/h3-11,13,23H,2,12H2,1H3,(H,22,24). The van der Waals surface area contributed by atoms with Gasteiger partial charge in [0.15, 0.2) is 0 Å². The van der Waals surface area contributed by atoms with Gasteiger partial charge in [0.05, 0.1) is 17.0 Å². The number of aromatic hydroxyl groups is 1. The number of hydrogen-bond donors (Lipinski definition) is 2. The Morgan fingerprint density at radius 1 is 1.04 bits per heavy atom. The maximum Gasteiger partial charge on any atom is 0.338 e. The maximum absolute atomic E-state index is 12.4. The molecule has 0 aliphatic rings. The minimum Gasteiger partial charge on any atom is -0.508 e. The van der Waals surface area contributed by atoms with Crippen LogP contribution in [0.25, 0.3) is 11.1 Å². The summed E-state index contributed by atoms with van der Waals surface area (Å²) in [6, 6.07) is 15.6. The molecule has 0 aliphatic heterocycles. The Bertz CT molecular complexity index is 930. The molecule has 5 nitrogen and oxygen atoms in total. The van der Waals surface area contributed by atoms with E-state index >= 15 is 0 Å². The second kappa shape index (κ2) is 8.51. The summed E-state index contributed by atoms with van der Waals surface area (Å²) in [5.74, 6) is -0.297. The van der Waals surface area contributed by atoms with Gasteiger partial charge in [0, 0.05) is 6.54 Å². The highest BCUT2D eigenvalue weighted by atomic mass is 32.1. The third-order valence-electron chi connectivity index (χ3n) is 3.94. The van der Waals surface area contributed by atoms with Crippen LogP contribution >= 0.6 is 11.3 Å². The highest BCUT2D eigenvalue weighted by Crippen LogP contribution is 2.27. The lowest BCUT2D eigenvalue weighted by molar-refractivity contribution is 0.0526. The summed E-state index contributed by atoms with van der Waals surface area (Å²) in [4.78, 5) is 24.6. The van der Waals surface area contributed by atoms with Crippen LogP contribution in [0.5, 0.6) is 5.75 Å². The second-order valence-electron chi connectivity index (χ2n) is 5.85. The van der Waals surface area contributed by atoms with E-state index in [9.17, 15) is 14.7 Å². The van der Waals surface area contributed by atoms with Crippen LogP contribution in [0.3, 0.4) is 0 Å². The molecule has 0 atom stereocenters. The molecule has 0 spiro atoms. The van der Waals surface area contributed by atoms with Gasteiger partial charge < -0.3 is 15.2 Å². The average Bonchev–Trinajstić information content (AvgIpc) is 3.17. The molecule has 0 aliphatic carbocycles. The first-order valence-corrected chi connectivity index (χ1v) is 9.37. The number of carbonyl (C=O) groups excluding carboxylic acids is 2. The second-order valence-corrected chi connectivity index (χ2v) is 6.76. The van der Waals surface area contributed by atoms with Gasteiger partial charge >= 0.3 is 5.97 Å². The summed E-state index contributed by atoms with van der Waals surface area (Å²) in [6.07, 6.45) is 0. The topological polar surface area (TPSA) is 75.6 Å². The van der Waals surface area contributed by atoms with E-state index in [1.54, 1.807) is 43.3 Å². The SMILES string of the molecule is CCOC(=O)c1ccc(CNC(=O)c2cc(-c3ccc(O)cc3)cs2)cc1. The van der Waals surface area contributed by atoms with Crippen molar-refractivity contribution in [2.75, 3.05) is 6.61 Å². The number of ether oxygens (including phenoxy) is 1. The molecule has 2 N–H and O–H groups in total. The monoisotopic (exact) mass is 381 g/mol. The van der Waals surface area contributed by atoms with Gasteiger partial charge in [0.1, 0.15) is 5.75 Å². The third kappa shape index (κ3) is 4.74. The zero-order valence-corrected chi connectivity index (χ0v) is 15.6. The Morgan fingerprint density at radius 3 is 2.41 bits per heavy atom. The van der Waals surface area contributed by atoms with Crippen LogP contribution in [-0.2, 0) is 11.3 Å². The number of amides is 1. The van der Waals surface area contributed by atoms with Crippen LogP contribution in [-0.4, -0.2) is 23.6 Å². The van der Waals surface area contributed by atoms with Crippen molar-refractivity contribution in [3.63, 3.8) is 0 Å². The van der Waals surface area contributed by atoms with Crippen molar-refractivity contribution >= 4 is 23.2 Å². The molecule has 3 rings (SSSR count).